The Bertz CT molecular complexity index is 721. The van der Waals surface area contributed by atoms with Crippen molar-refractivity contribution >= 4 is 10.8 Å². The van der Waals surface area contributed by atoms with Gasteiger partial charge in [-0.15, -0.1) is 0 Å². The van der Waals surface area contributed by atoms with Gasteiger partial charge in [0, 0.05) is 17.9 Å². The average Bonchev–Trinajstić information content (AvgIpc) is 2.85. The van der Waals surface area contributed by atoms with Crippen LogP contribution in [0.4, 0.5) is 0 Å². The third-order valence-corrected chi connectivity index (χ3v) is 7.31. The summed E-state index contributed by atoms with van der Waals surface area (Å²) in [7, 11) is 0. The summed E-state index contributed by atoms with van der Waals surface area (Å²) in [4.78, 5) is 0. The summed E-state index contributed by atoms with van der Waals surface area (Å²) in [6.45, 7) is 6.73. The topological polar surface area (TPSA) is 0 Å². The number of hydrogen-bond acceptors (Lipinski definition) is 0. The van der Waals surface area contributed by atoms with Crippen LogP contribution in [0.25, 0.3) is 10.8 Å². The fourth-order valence-electron chi connectivity index (χ4n) is 6.05. The van der Waals surface area contributed by atoms with E-state index in [0.29, 0.717) is 5.54 Å². The van der Waals surface area contributed by atoms with Crippen LogP contribution < -0.4 is 0 Å². The quantitative estimate of drug-likeness (QED) is 0.716. The van der Waals surface area contributed by atoms with Crippen molar-refractivity contribution in [3.63, 3.8) is 0 Å². The minimum atomic E-state index is 0.617. The zero-order valence-corrected chi connectivity index (χ0v) is 12.9. The molecule has 1 saturated carbocycles. The molecule has 108 valence electrons. The van der Waals surface area contributed by atoms with Crippen LogP contribution in [0.1, 0.15) is 31.7 Å². The Labute approximate surface area is 127 Å². The molecule has 2 saturated heterocycles. The van der Waals surface area contributed by atoms with Gasteiger partial charge < -0.3 is 4.48 Å². The van der Waals surface area contributed by atoms with Crippen LogP contribution in [0, 0.1) is 11.8 Å². The number of fused-ring (bicyclic) bond motifs is 1. The monoisotopic (exact) mass is 278 g/mol. The Balaban J connectivity index is 1.52. The highest BCUT2D eigenvalue weighted by Gasteiger charge is 2.72. The summed E-state index contributed by atoms with van der Waals surface area (Å²) in [5.74, 6) is 2.03. The zero-order valence-electron chi connectivity index (χ0n) is 12.9. The normalized spacial score (nSPS) is 40.2. The zero-order chi connectivity index (χ0) is 14.1. The van der Waals surface area contributed by atoms with Crippen LogP contribution in [-0.4, -0.2) is 23.1 Å². The van der Waals surface area contributed by atoms with Crippen molar-refractivity contribution in [3.05, 3.63) is 48.0 Å². The van der Waals surface area contributed by atoms with Gasteiger partial charge in [-0.2, -0.15) is 0 Å². The van der Waals surface area contributed by atoms with Gasteiger partial charge in [0.15, 0.2) is 0 Å². The molecule has 0 amide bonds. The number of rotatable bonds is 2. The second-order valence-corrected chi connectivity index (χ2v) is 7.88. The Kier molecular flexibility index (Phi) is 2.27. The van der Waals surface area contributed by atoms with E-state index in [-0.39, 0.29) is 0 Å². The fraction of sp³-hybridized carbons (Fsp3) is 0.500. The van der Waals surface area contributed by atoms with Crippen LogP contribution >= 0.6 is 0 Å². The van der Waals surface area contributed by atoms with Gasteiger partial charge in [-0.1, -0.05) is 36.4 Å². The molecule has 0 radical (unpaired) electrons. The molecular formula is C20H24N+. The molecule has 2 aromatic carbocycles. The minimum absolute atomic E-state index is 0.617. The maximum atomic E-state index is 2.60. The second kappa shape index (κ2) is 3.89. The van der Waals surface area contributed by atoms with E-state index in [1.807, 2.05) is 0 Å². The highest BCUT2D eigenvalue weighted by Crippen LogP contribution is 2.63. The van der Waals surface area contributed by atoms with E-state index in [9.17, 15) is 0 Å². The van der Waals surface area contributed by atoms with Crippen LogP contribution in [0.2, 0.25) is 0 Å². The molecule has 0 bridgehead atoms. The van der Waals surface area contributed by atoms with Gasteiger partial charge in [0.05, 0.1) is 19.0 Å². The van der Waals surface area contributed by atoms with Crippen LogP contribution in [0.3, 0.4) is 0 Å². The highest BCUT2D eigenvalue weighted by molar-refractivity contribution is 5.82. The summed E-state index contributed by atoms with van der Waals surface area (Å²) >= 11 is 0. The number of hydrogen-bond donors (Lipinski definition) is 0. The standard InChI is InChI=1S/C20H24N/c1-20-18-8-9-19(20)14-21(20,11-10-18)13-15-6-7-16-4-2-3-5-17(16)12-15/h2-7,12,18-19H,8-11,13-14H2,1H3/q+1/t18-,19+,20+,21+/m0/s1. The van der Waals surface area contributed by atoms with Gasteiger partial charge in [-0.05, 0) is 36.6 Å². The molecule has 0 unspecified atom stereocenters. The molecular weight excluding hydrogens is 254 g/mol. The predicted molar refractivity (Wildman–Crippen MR) is 86.9 cm³/mol. The largest absolute Gasteiger partial charge is 0.314 e. The first-order valence-electron chi connectivity index (χ1n) is 8.55. The van der Waals surface area contributed by atoms with Crippen molar-refractivity contribution in [1.29, 1.82) is 0 Å². The molecule has 3 aliphatic rings. The Morgan fingerprint density at radius 1 is 1.00 bits per heavy atom. The molecule has 4 atom stereocenters. The van der Waals surface area contributed by atoms with Gasteiger partial charge in [-0.3, -0.25) is 0 Å². The Hall–Kier alpha value is -1.34. The number of quaternary nitrogens is 1. The molecule has 0 N–H and O–H groups in total. The van der Waals surface area contributed by atoms with Crippen molar-refractivity contribution in [1.82, 2.24) is 0 Å². The van der Waals surface area contributed by atoms with Crippen molar-refractivity contribution in [2.45, 2.75) is 38.3 Å². The van der Waals surface area contributed by atoms with Crippen molar-refractivity contribution in [2.24, 2.45) is 11.8 Å². The lowest BCUT2D eigenvalue weighted by atomic mass is 9.73. The lowest BCUT2D eigenvalue weighted by molar-refractivity contribution is -1.02. The first-order chi connectivity index (χ1) is 10.2. The van der Waals surface area contributed by atoms with Gasteiger partial charge >= 0.3 is 0 Å². The smallest absolute Gasteiger partial charge is 0.108 e. The molecule has 1 heteroatoms. The van der Waals surface area contributed by atoms with E-state index in [2.05, 4.69) is 49.4 Å². The van der Waals surface area contributed by atoms with E-state index in [1.54, 1.807) is 5.56 Å². The van der Waals surface area contributed by atoms with Crippen molar-refractivity contribution in [2.75, 3.05) is 13.1 Å². The van der Waals surface area contributed by atoms with E-state index in [4.69, 9.17) is 0 Å². The summed E-state index contributed by atoms with van der Waals surface area (Å²) < 4.78 is 1.39. The average molecular weight is 278 g/mol. The SMILES string of the molecule is C[C@@]12[C@H]3CC[C@@H]1C[N@+]2(Cc1ccc2ccccc2c1)CC3. The molecule has 5 rings (SSSR count). The maximum Gasteiger partial charge on any atom is 0.108 e. The van der Waals surface area contributed by atoms with E-state index < -0.39 is 0 Å². The molecule has 3 fully saturated rings. The maximum absolute atomic E-state index is 2.60. The first-order valence-corrected chi connectivity index (χ1v) is 8.55. The van der Waals surface area contributed by atoms with Gasteiger partial charge in [0.2, 0.25) is 0 Å². The van der Waals surface area contributed by atoms with Crippen LogP contribution in [0.5, 0.6) is 0 Å². The van der Waals surface area contributed by atoms with Gasteiger partial charge in [0.25, 0.3) is 0 Å². The lowest BCUT2D eigenvalue weighted by Gasteiger charge is -2.60. The Morgan fingerprint density at radius 3 is 2.71 bits per heavy atom. The third-order valence-electron chi connectivity index (χ3n) is 7.31. The van der Waals surface area contributed by atoms with E-state index in [1.165, 1.54) is 54.2 Å². The van der Waals surface area contributed by atoms with E-state index in [0.717, 1.165) is 11.8 Å². The van der Waals surface area contributed by atoms with Gasteiger partial charge in [0.1, 0.15) is 12.1 Å². The van der Waals surface area contributed by atoms with Crippen LogP contribution in [0.15, 0.2) is 42.5 Å². The Morgan fingerprint density at radius 2 is 1.81 bits per heavy atom. The third kappa shape index (κ3) is 1.41. The summed E-state index contributed by atoms with van der Waals surface area (Å²) in [5.41, 5.74) is 2.16. The molecule has 0 aromatic heterocycles. The van der Waals surface area contributed by atoms with Gasteiger partial charge in [-0.25, -0.2) is 0 Å². The molecule has 1 nitrogen and oxygen atoms in total. The second-order valence-electron chi connectivity index (χ2n) is 7.88. The molecule has 1 aliphatic carbocycles. The summed E-state index contributed by atoms with van der Waals surface area (Å²) in [6, 6.07) is 15.9. The molecule has 0 spiro atoms. The van der Waals surface area contributed by atoms with E-state index >= 15 is 0 Å². The molecule has 2 heterocycles. The molecule has 2 aliphatic heterocycles. The summed E-state index contributed by atoms with van der Waals surface area (Å²) in [6.07, 6.45) is 4.47. The van der Waals surface area contributed by atoms with Crippen molar-refractivity contribution < 1.29 is 4.48 Å². The first kappa shape index (κ1) is 12.2. The predicted octanol–water partition coefficient (Wildman–Crippen LogP) is 4.36. The lowest BCUT2D eigenvalue weighted by Crippen LogP contribution is -2.74. The number of nitrogens with zero attached hydrogens (tertiary/aromatic N) is 1. The highest BCUT2D eigenvalue weighted by atomic mass is 15.5. The van der Waals surface area contributed by atoms with Crippen molar-refractivity contribution in [3.8, 4) is 0 Å². The molecule has 2 aromatic rings. The number of benzene rings is 2. The van der Waals surface area contributed by atoms with Crippen LogP contribution in [-0.2, 0) is 6.54 Å². The summed E-state index contributed by atoms with van der Waals surface area (Å²) in [5, 5.41) is 2.77. The minimum Gasteiger partial charge on any atom is -0.314 e. The fourth-order valence-corrected chi connectivity index (χ4v) is 6.05. The molecule has 21 heavy (non-hydrogen) atoms.